The first-order valence-corrected chi connectivity index (χ1v) is 13.1. The van der Waals surface area contributed by atoms with Crippen LogP contribution in [0.1, 0.15) is 24.0 Å². The van der Waals surface area contributed by atoms with E-state index in [4.69, 9.17) is 9.47 Å². The number of methoxy groups -OCH3 is 1. The molecule has 2 aliphatic heterocycles. The van der Waals surface area contributed by atoms with Gasteiger partial charge in [0.2, 0.25) is 6.10 Å². The summed E-state index contributed by atoms with van der Waals surface area (Å²) in [5, 5.41) is 3.00. The molecule has 186 valence electrons. The number of carbonyl (C=O) groups excluding carboxylic acids is 3. The molecule has 35 heavy (non-hydrogen) atoms. The van der Waals surface area contributed by atoms with E-state index in [1.165, 1.54) is 7.11 Å². The Morgan fingerprint density at radius 2 is 1.77 bits per heavy atom. The Bertz CT molecular complexity index is 1080. The number of ether oxygens (including phenoxy) is 2. The van der Waals surface area contributed by atoms with E-state index in [0.29, 0.717) is 32.5 Å². The molecular formula is C25H27Br2N3O5. The highest BCUT2D eigenvalue weighted by molar-refractivity contribution is 9.11. The average molecular weight is 609 g/mol. The first-order valence-electron chi connectivity index (χ1n) is 11.5. The van der Waals surface area contributed by atoms with Gasteiger partial charge in [-0.2, -0.15) is 0 Å². The number of nitrogens with zero attached hydrogens (tertiary/aromatic N) is 2. The normalized spacial score (nSPS) is 17.2. The number of piperidine rings is 1. The van der Waals surface area contributed by atoms with Crippen LogP contribution < -0.4 is 5.32 Å². The standard InChI is InChI=1S/C25H27Br2N3O5/c1-34-23(31)22(14-16-12-18(26)15-19(27)13-16)35-25(33)29-9-7-20(8-10-29)30-11-6-17-4-2-3-5-21(17)28-24(30)32/h2-5,12-13,15,20,22H,6-11,14H2,1H3,(H,28,32)/t22-/m1/s1. The molecule has 0 saturated carbocycles. The molecule has 0 aromatic heterocycles. The number of hydrogen-bond acceptors (Lipinski definition) is 5. The number of esters is 1. The maximum atomic E-state index is 12.9. The number of carbonyl (C=O) groups is 3. The van der Waals surface area contributed by atoms with Gasteiger partial charge in [0.1, 0.15) is 0 Å². The smallest absolute Gasteiger partial charge is 0.410 e. The van der Waals surface area contributed by atoms with Gasteiger partial charge in [-0.05, 0) is 54.7 Å². The fourth-order valence-corrected chi connectivity index (χ4v) is 5.93. The van der Waals surface area contributed by atoms with Crippen molar-refractivity contribution in [1.29, 1.82) is 0 Å². The van der Waals surface area contributed by atoms with Crippen molar-refractivity contribution in [1.82, 2.24) is 9.80 Å². The molecule has 0 unspecified atom stereocenters. The lowest BCUT2D eigenvalue weighted by Crippen LogP contribution is -2.50. The Labute approximate surface area is 221 Å². The quantitative estimate of drug-likeness (QED) is 0.483. The van der Waals surface area contributed by atoms with Crippen molar-refractivity contribution >= 4 is 55.6 Å². The fourth-order valence-electron chi connectivity index (χ4n) is 4.54. The van der Waals surface area contributed by atoms with Crippen LogP contribution in [0.25, 0.3) is 0 Å². The van der Waals surface area contributed by atoms with Crippen LogP contribution in [0.4, 0.5) is 15.3 Å². The highest BCUT2D eigenvalue weighted by Gasteiger charge is 2.33. The molecule has 2 aromatic carbocycles. The number of halogens is 2. The van der Waals surface area contributed by atoms with Crippen molar-refractivity contribution in [3.05, 3.63) is 62.5 Å². The minimum absolute atomic E-state index is 0.0313. The van der Waals surface area contributed by atoms with Crippen LogP contribution >= 0.6 is 31.9 Å². The van der Waals surface area contributed by atoms with Crippen molar-refractivity contribution in [3.8, 4) is 0 Å². The molecule has 0 aliphatic carbocycles. The van der Waals surface area contributed by atoms with Gasteiger partial charge < -0.3 is 24.6 Å². The van der Waals surface area contributed by atoms with E-state index >= 15 is 0 Å². The number of urea groups is 1. The first-order chi connectivity index (χ1) is 16.8. The third-order valence-electron chi connectivity index (χ3n) is 6.36. The van der Waals surface area contributed by atoms with E-state index in [0.717, 1.165) is 32.2 Å². The molecule has 3 amide bonds. The predicted molar refractivity (Wildman–Crippen MR) is 138 cm³/mol. The van der Waals surface area contributed by atoms with E-state index in [2.05, 4.69) is 37.2 Å². The zero-order valence-electron chi connectivity index (χ0n) is 19.3. The number of likely N-dealkylation sites (tertiary alicyclic amines) is 1. The van der Waals surface area contributed by atoms with Crippen molar-refractivity contribution in [2.24, 2.45) is 0 Å². The van der Waals surface area contributed by atoms with E-state index in [1.54, 1.807) is 4.90 Å². The summed E-state index contributed by atoms with van der Waals surface area (Å²) in [6, 6.07) is 13.4. The zero-order valence-corrected chi connectivity index (χ0v) is 22.5. The largest absolute Gasteiger partial charge is 0.466 e. The molecule has 1 fully saturated rings. The molecule has 2 aliphatic rings. The summed E-state index contributed by atoms with van der Waals surface area (Å²) in [6.45, 7) is 1.51. The molecule has 2 heterocycles. The Morgan fingerprint density at radius 3 is 2.46 bits per heavy atom. The van der Waals surface area contributed by atoms with Gasteiger partial charge in [0, 0.05) is 46.7 Å². The lowest BCUT2D eigenvalue weighted by molar-refractivity contribution is -0.151. The van der Waals surface area contributed by atoms with E-state index in [1.807, 2.05) is 47.4 Å². The Balaban J connectivity index is 1.34. The van der Waals surface area contributed by atoms with Gasteiger partial charge in [-0.15, -0.1) is 0 Å². The maximum Gasteiger partial charge on any atom is 0.410 e. The number of fused-ring (bicyclic) bond motifs is 1. The predicted octanol–water partition coefficient (Wildman–Crippen LogP) is 4.99. The minimum atomic E-state index is -1.05. The fraction of sp³-hybridized carbons (Fsp3) is 0.400. The van der Waals surface area contributed by atoms with Gasteiger partial charge in [-0.3, -0.25) is 0 Å². The van der Waals surface area contributed by atoms with Crippen molar-refractivity contribution in [2.75, 3.05) is 32.1 Å². The zero-order chi connectivity index (χ0) is 24.9. The SMILES string of the molecule is COC(=O)[C@@H](Cc1cc(Br)cc(Br)c1)OC(=O)N1CCC(N2CCc3ccccc3NC2=O)CC1. The average Bonchev–Trinajstić information content (AvgIpc) is 3.00. The number of nitrogens with one attached hydrogen (secondary N) is 1. The molecule has 4 rings (SSSR count). The molecule has 1 saturated heterocycles. The number of anilines is 1. The number of hydrogen-bond donors (Lipinski definition) is 1. The molecular weight excluding hydrogens is 582 g/mol. The van der Waals surface area contributed by atoms with Crippen molar-refractivity contribution < 1.29 is 23.9 Å². The van der Waals surface area contributed by atoms with E-state index < -0.39 is 18.2 Å². The van der Waals surface area contributed by atoms with Gasteiger partial charge in [-0.1, -0.05) is 50.1 Å². The highest BCUT2D eigenvalue weighted by atomic mass is 79.9. The number of amides is 3. The topological polar surface area (TPSA) is 88.2 Å². The minimum Gasteiger partial charge on any atom is -0.466 e. The molecule has 1 N–H and O–H groups in total. The second kappa shape index (κ2) is 11.4. The van der Waals surface area contributed by atoms with Crippen molar-refractivity contribution in [3.63, 3.8) is 0 Å². The summed E-state index contributed by atoms with van der Waals surface area (Å²) in [5.41, 5.74) is 2.80. The molecule has 8 nitrogen and oxygen atoms in total. The second-order valence-corrected chi connectivity index (χ2v) is 10.5. The van der Waals surface area contributed by atoms with E-state index in [9.17, 15) is 14.4 Å². The number of rotatable bonds is 5. The third kappa shape index (κ3) is 6.35. The molecule has 10 heteroatoms. The Morgan fingerprint density at radius 1 is 1.09 bits per heavy atom. The lowest BCUT2D eigenvalue weighted by Gasteiger charge is -2.37. The monoisotopic (exact) mass is 607 g/mol. The molecule has 0 spiro atoms. The Kier molecular flexibility index (Phi) is 8.33. The lowest BCUT2D eigenvalue weighted by atomic mass is 10.0. The van der Waals surface area contributed by atoms with E-state index in [-0.39, 0.29) is 18.5 Å². The second-order valence-electron chi connectivity index (χ2n) is 8.63. The van der Waals surface area contributed by atoms with Crippen LogP contribution in [-0.2, 0) is 27.1 Å². The van der Waals surface area contributed by atoms with Gasteiger partial charge in [0.25, 0.3) is 0 Å². The number of benzene rings is 2. The van der Waals surface area contributed by atoms with Crippen LogP contribution in [0.5, 0.6) is 0 Å². The first kappa shape index (κ1) is 25.5. The van der Waals surface area contributed by atoms with Crippen LogP contribution in [0.2, 0.25) is 0 Å². The molecule has 0 radical (unpaired) electrons. The van der Waals surface area contributed by atoms with Gasteiger partial charge >= 0.3 is 18.1 Å². The summed E-state index contributed by atoms with van der Waals surface area (Å²) < 4.78 is 12.1. The van der Waals surface area contributed by atoms with Gasteiger partial charge in [0.15, 0.2) is 0 Å². The van der Waals surface area contributed by atoms with Gasteiger partial charge in [0.05, 0.1) is 7.11 Å². The summed E-state index contributed by atoms with van der Waals surface area (Å²) in [6.07, 6.45) is 0.646. The van der Waals surface area contributed by atoms with Crippen LogP contribution in [0.15, 0.2) is 51.4 Å². The Hall–Kier alpha value is -2.59. The van der Waals surface area contributed by atoms with Crippen LogP contribution in [0.3, 0.4) is 0 Å². The number of para-hydroxylation sites is 1. The summed E-state index contributed by atoms with van der Waals surface area (Å²) >= 11 is 6.86. The summed E-state index contributed by atoms with van der Waals surface area (Å²) in [5.74, 6) is -0.606. The maximum absolute atomic E-state index is 12.9. The highest BCUT2D eigenvalue weighted by Crippen LogP contribution is 2.25. The summed E-state index contributed by atoms with van der Waals surface area (Å²) in [7, 11) is 1.27. The van der Waals surface area contributed by atoms with Crippen LogP contribution in [-0.4, -0.2) is 66.8 Å². The van der Waals surface area contributed by atoms with Crippen molar-refractivity contribution in [2.45, 2.75) is 37.8 Å². The molecule has 0 bridgehead atoms. The van der Waals surface area contributed by atoms with Crippen LogP contribution in [0, 0.1) is 0 Å². The molecule has 2 aromatic rings. The third-order valence-corrected chi connectivity index (χ3v) is 7.27. The molecule has 1 atom stereocenters. The van der Waals surface area contributed by atoms with Gasteiger partial charge in [-0.25, -0.2) is 14.4 Å². The summed E-state index contributed by atoms with van der Waals surface area (Å²) in [4.78, 5) is 41.5.